The van der Waals surface area contributed by atoms with Crippen LogP contribution in [-0.2, 0) is 10.0 Å². The third-order valence-electron chi connectivity index (χ3n) is 4.94. The molecule has 0 amide bonds. The van der Waals surface area contributed by atoms with Crippen molar-refractivity contribution in [2.24, 2.45) is 0 Å². The molecule has 5 heteroatoms. The van der Waals surface area contributed by atoms with E-state index in [1.165, 1.54) is 0 Å². The summed E-state index contributed by atoms with van der Waals surface area (Å²) in [6, 6.07) is 28.7. The molecule has 0 spiro atoms. The summed E-state index contributed by atoms with van der Waals surface area (Å²) in [5.74, 6) is 0. The van der Waals surface area contributed by atoms with Crippen molar-refractivity contribution in [1.82, 2.24) is 4.72 Å². The lowest BCUT2D eigenvalue weighted by atomic mass is 9.97. The third-order valence-corrected chi connectivity index (χ3v) is 6.95. The van der Waals surface area contributed by atoms with E-state index in [9.17, 15) is 8.42 Å². The van der Waals surface area contributed by atoms with E-state index in [1.54, 1.807) is 30.5 Å². The summed E-state index contributed by atoms with van der Waals surface area (Å²) in [6.07, 6.45) is 1.58. The Bertz CT molecular complexity index is 1290. The summed E-state index contributed by atoms with van der Waals surface area (Å²) in [6.45, 7) is 1.93. The van der Waals surface area contributed by atoms with Gasteiger partial charge >= 0.3 is 0 Å². The molecule has 0 heterocycles. The minimum atomic E-state index is -3.69. The number of sulfonamides is 1. The Balaban J connectivity index is 1.83. The highest BCUT2D eigenvalue weighted by atomic mass is 79.9. The number of hydrogen-bond acceptors (Lipinski definition) is 2. The molecule has 0 unspecified atom stereocenters. The largest absolute Gasteiger partial charge is 0.286 e. The maximum atomic E-state index is 12.9. The standard InChI is InChI=1S/C25H20BrNO2S/c1-18-11-14-20(15-12-18)30(28,29)27-17-24(23-9-5-6-10-25(23)26)22-16-13-19-7-3-2-4-8-21(19)22/h2-17,27H,1H3/b24-17-. The van der Waals surface area contributed by atoms with Crippen LogP contribution in [0.3, 0.4) is 0 Å². The first kappa shape index (κ1) is 20.4. The minimum absolute atomic E-state index is 0.231. The van der Waals surface area contributed by atoms with E-state index >= 15 is 0 Å². The molecule has 0 fully saturated rings. The Morgan fingerprint density at radius 3 is 2.27 bits per heavy atom. The van der Waals surface area contributed by atoms with Gasteiger partial charge in [0.1, 0.15) is 0 Å². The van der Waals surface area contributed by atoms with Gasteiger partial charge in [0.15, 0.2) is 0 Å². The Morgan fingerprint density at radius 1 is 0.800 bits per heavy atom. The Morgan fingerprint density at radius 2 is 1.50 bits per heavy atom. The molecule has 3 nitrogen and oxygen atoms in total. The van der Waals surface area contributed by atoms with Gasteiger partial charge in [-0.3, -0.25) is 4.72 Å². The maximum Gasteiger partial charge on any atom is 0.261 e. The fourth-order valence-corrected chi connectivity index (χ4v) is 4.75. The van der Waals surface area contributed by atoms with Crippen LogP contribution in [0.1, 0.15) is 16.7 Å². The first-order valence-corrected chi connectivity index (χ1v) is 11.8. The van der Waals surface area contributed by atoms with Crippen molar-refractivity contribution in [3.63, 3.8) is 0 Å². The van der Waals surface area contributed by atoms with Crippen molar-refractivity contribution in [3.8, 4) is 11.1 Å². The molecule has 0 aliphatic heterocycles. The quantitative estimate of drug-likeness (QED) is 0.370. The molecular weight excluding hydrogens is 458 g/mol. The number of aryl methyl sites for hydroxylation is 1. The van der Waals surface area contributed by atoms with Gasteiger partial charge in [-0.2, -0.15) is 0 Å². The molecule has 2 aromatic rings. The number of hydrogen-bond donors (Lipinski definition) is 1. The zero-order valence-corrected chi connectivity index (χ0v) is 18.7. The maximum absolute atomic E-state index is 12.9. The molecule has 1 N–H and O–H groups in total. The second kappa shape index (κ2) is 8.46. The summed E-state index contributed by atoms with van der Waals surface area (Å²) in [7, 11) is -3.69. The summed E-state index contributed by atoms with van der Waals surface area (Å²) in [5, 5.41) is 0. The van der Waals surface area contributed by atoms with Gasteiger partial charge in [0.25, 0.3) is 10.0 Å². The number of nitrogens with one attached hydrogen (secondary N) is 1. The van der Waals surface area contributed by atoms with Crippen molar-refractivity contribution >= 4 is 31.5 Å². The zero-order valence-electron chi connectivity index (χ0n) is 16.3. The van der Waals surface area contributed by atoms with E-state index in [0.717, 1.165) is 37.9 Å². The Labute approximate surface area is 185 Å². The summed E-state index contributed by atoms with van der Waals surface area (Å²) in [4.78, 5) is 0.231. The molecule has 0 aromatic heterocycles. The van der Waals surface area contributed by atoms with Crippen LogP contribution in [0, 0.1) is 6.92 Å². The summed E-state index contributed by atoms with van der Waals surface area (Å²) < 4.78 is 29.3. The highest BCUT2D eigenvalue weighted by Gasteiger charge is 2.18. The van der Waals surface area contributed by atoms with Gasteiger partial charge in [-0.1, -0.05) is 94.3 Å². The number of benzene rings is 2. The van der Waals surface area contributed by atoms with Crippen LogP contribution in [0.4, 0.5) is 0 Å². The van der Waals surface area contributed by atoms with Gasteiger partial charge in [0.2, 0.25) is 0 Å². The SMILES string of the molecule is Cc1ccc(S(=O)(=O)N/C=C(\c2ccccc2Br)c2ccc3cccccc2-3)cc1. The van der Waals surface area contributed by atoms with Crippen molar-refractivity contribution in [1.29, 1.82) is 0 Å². The van der Waals surface area contributed by atoms with Crippen molar-refractivity contribution < 1.29 is 8.42 Å². The molecule has 2 aromatic carbocycles. The summed E-state index contributed by atoms with van der Waals surface area (Å²) in [5.41, 5.74) is 5.81. The molecule has 2 aliphatic rings. The second-order valence-electron chi connectivity index (χ2n) is 7.00. The predicted octanol–water partition coefficient (Wildman–Crippen LogP) is 6.23. The fourth-order valence-electron chi connectivity index (χ4n) is 3.35. The lowest BCUT2D eigenvalue weighted by Crippen LogP contribution is -2.18. The van der Waals surface area contributed by atoms with Crippen LogP contribution in [0.15, 0.2) is 107 Å². The molecule has 30 heavy (non-hydrogen) atoms. The molecule has 0 atom stereocenters. The lowest BCUT2D eigenvalue weighted by Gasteiger charge is -2.13. The smallest absolute Gasteiger partial charge is 0.261 e. The monoisotopic (exact) mass is 477 g/mol. The van der Waals surface area contributed by atoms with Gasteiger partial charge < -0.3 is 0 Å². The van der Waals surface area contributed by atoms with Crippen LogP contribution in [0.2, 0.25) is 0 Å². The lowest BCUT2D eigenvalue weighted by molar-refractivity contribution is 0.590. The first-order valence-electron chi connectivity index (χ1n) is 9.48. The normalized spacial score (nSPS) is 12.1. The molecule has 0 bridgehead atoms. The average Bonchev–Trinajstić information content (AvgIpc) is 2.97. The minimum Gasteiger partial charge on any atom is -0.286 e. The van der Waals surface area contributed by atoms with Crippen LogP contribution >= 0.6 is 15.9 Å². The Kier molecular flexibility index (Phi) is 5.75. The van der Waals surface area contributed by atoms with Crippen molar-refractivity contribution in [2.75, 3.05) is 0 Å². The van der Waals surface area contributed by atoms with Crippen LogP contribution in [0.5, 0.6) is 0 Å². The van der Waals surface area contributed by atoms with Crippen LogP contribution in [0.25, 0.3) is 16.7 Å². The fraction of sp³-hybridized carbons (Fsp3) is 0.0400. The highest BCUT2D eigenvalue weighted by molar-refractivity contribution is 9.10. The van der Waals surface area contributed by atoms with Gasteiger partial charge in [0.05, 0.1) is 4.90 Å². The average molecular weight is 478 g/mol. The molecule has 4 rings (SSSR count). The topological polar surface area (TPSA) is 46.2 Å². The third kappa shape index (κ3) is 4.18. The van der Waals surface area contributed by atoms with E-state index < -0.39 is 10.0 Å². The zero-order chi connectivity index (χ0) is 21.1. The van der Waals surface area contributed by atoms with E-state index in [0.29, 0.717) is 0 Å². The number of rotatable bonds is 5. The van der Waals surface area contributed by atoms with Gasteiger partial charge in [-0.15, -0.1) is 0 Å². The molecule has 0 saturated heterocycles. The van der Waals surface area contributed by atoms with Gasteiger partial charge in [-0.05, 0) is 47.4 Å². The molecule has 150 valence electrons. The van der Waals surface area contributed by atoms with Crippen molar-refractivity contribution in [3.05, 3.63) is 118 Å². The second-order valence-corrected chi connectivity index (χ2v) is 9.57. The molecule has 0 radical (unpaired) electrons. The van der Waals surface area contributed by atoms with Gasteiger partial charge in [0, 0.05) is 16.2 Å². The van der Waals surface area contributed by atoms with E-state index in [1.807, 2.05) is 73.7 Å². The predicted molar refractivity (Wildman–Crippen MR) is 126 cm³/mol. The van der Waals surface area contributed by atoms with Gasteiger partial charge in [-0.25, -0.2) is 8.42 Å². The van der Waals surface area contributed by atoms with Crippen molar-refractivity contribution in [2.45, 2.75) is 11.8 Å². The first-order chi connectivity index (χ1) is 14.5. The molecule has 2 aliphatic carbocycles. The summed E-state index contributed by atoms with van der Waals surface area (Å²) >= 11 is 3.61. The van der Waals surface area contributed by atoms with E-state index in [2.05, 4.69) is 20.7 Å². The van der Waals surface area contributed by atoms with E-state index in [4.69, 9.17) is 0 Å². The van der Waals surface area contributed by atoms with E-state index in [-0.39, 0.29) is 4.90 Å². The van der Waals surface area contributed by atoms with Crippen LogP contribution < -0.4 is 4.72 Å². The number of fused-ring (bicyclic) bond motifs is 1. The molecule has 0 saturated carbocycles. The number of halogens is 1. The Hall–Kier alpha value is -2.89. The van der Waals surface area contributed by atoms with Crippen LogP contribution in [-0.4, -0.2) is 8.42 Å². The molecular formula is C25H20BrNO2S. The highest BCUT2D eigenvalue weighted by Crippen LogP contribution is 2.37.